The molecule has 0 saturated carbocycles. The molecule has 2 aromatic carbocycles. The first-order chi connectivity index (χ1) is 17.2. The molecule has 1 atom stereocenters. The van der Waals surface area contributed by atoms with Crippen LogP contribution in [-0.4, -0.2) is 60.6 Å². The molecule has 4 rings (SSSR count). The summed E-state index contributed by atoms with van der Waals surface area (Å²) in [7, 11) is 3.29. The Morgan fingerprint density at radius 1 is 1.33 bits per heavy atom. The molecule has 1 unspecified atom stereocenters. The summed E-state index contributed by atoms with van der Waals surface area (Å²) in [5.41, 5.74) is 8.39. The zero-order valence-electron chi connectivity index (χ0n) is 20.6. The number of allylic oxidation sites excluding steroid dienone is 1. The second-order valence-corrected chi connectivity index (χ2v) is 8.87. The topological polar surface area (TPSA) is 94.6 Å². The van der Waals surface area contributed by atoms with E-state index in [-0.39, 0.29) is 19.2 Å². The summed E-state index contributed by atoms with van der Waals surface area (Å²) in [5, 5.41) is 10.5. The SMILES string of the molecule is C=CN(/C=C(/C)N)c1ccc(/C=C2\CN(C)C(=O)N3C2=NCC3(CO)c2ccc(F)cc2)cc1OC. The number of hydrogen-bond donors (Lipinski definition) is 2. The Hall–Kier alpha value is -4.11. The number of likely N-dealkylation sites (N-methyl/N-ethyl adjacent to an activating group) is 1. The molecule has 3 N–H and O–H groups in total. The van der Waals surface area contributed by atoms with Gasteiger partial charge in [0.15, 0.2) is 0 Å². The monoisotopic (exact) mass is 491 g/mol. The van der Waals surface area contributed by atoms with Crippen molar-refractivity contribution in [3.63, 3.8) is 0 Å². The fraction of sp³-hybridized carbons (Fsp3) is 0.259. The minimum atomic E-state index is -1.10. The minimum Gasteiger partial charge on any atom is -0.495 e. The molecule has 36 heavy (non-hydrogen) atoms. The maximum Gasteiger partial charge on any atom is 0.326 e. The molecule has 1 saturated heterocycles. The lowest BCUT2D eigenvalue weighted by atomic mass is 9.88. The normalized spacial score (nSPS) is 20.9. The van der Waals surface area contributed by atoms with Crippen molar-refractivity contribution in [1.82, 2.24) is 9.80 Å². The number of fused-ring (bicyclic) bond motifs is 1. The number of hydrogen-bond acceptors (Lipinski definition) is 6. The number of anilines is 1. The number of aliphatic hydroxyl groups excluding tert-OH is 1. The van der Waals surface area contributed by atoms with Gasteiger partial charge in [0, 0.05) is 30.7 Å². The second-order valence-electron chi connectivity index (χ2n) is 8.87. The predicted octanol–water partition coefficient (Wildman–Crippen LogP) is 3.65. The summed E-state index contributed by atoms with van der Waals surface area (Å²) in [6.07, 6.45) is 5.34. The van der Waals surface area contributed by atoms with Gasteiger partial charge in [0.1, 0.15) is 22.9 Å². The molecule has 2 heterocycles. The lowest BCUT2D eigenvalue weighted by Crippen LogP contribution is -2.59. The predicted molar refractivity (Wildman–Crippen MR) is 139 cm³/mol. The van der Waals surface area contributed by atoms with Crippen molar-refractivity contribution >= 4 is 23.6 Å². The van der Waals surface area contributed by atoms with Gasteiger partial charge in [-0.25, -0.2) is 9.18 Å². The molecule has 0 aliphatic carbocycles. The highest BCUT2D eigenvalue weighted by molar-refractivity contribution is 6.14. The Bertz CT molecular complexity index is 1270. The van der Waals surface area contributed by atoms with Crippen molar-refractivity contribution < 1.29 is 19.0 Å². The van der Waals surface area contributed by atoms with E-state index in [9.17, 15) is 14.3 Å². The number of carbonyl (C=O) groups excluding carboxylic acids is 1. The number of aliphatic imine (C=N–C) groups is 1. The fourth-order valence-corrected chi connectivity index (χ4v) is 4.57. The van der Waals surface area contributed by atoms with Gasteiger partial charge in [0.2, 0.25) is 0 Å². The van der Waals surface area contributed by atoms with Crippen molar-refractivity contribution in [1.29, 1.82) is 0 Å². The number of ether oxygens (including phenoxy) is 1. The Labute approximate surface area is 210 Å². The second kappa shape index (κ2) is 9.87. The van der Waals surface area contributed by atoms with E-state index in [1.165, 1.54) is 17.0 Å². The van der Waals surface area contributed by atoms with Crippen LogP contribution in [0.3, 0.4) is 0 Å². The first-order valence-electron chi connectivity index (χ1n) is 11.4. The van der Waals surface area contributed by atoms with E-state index in [0.29, 0.717) is 29.4 Å². The Kier molecular flexibility index (Phi) is 6.85. The van der Waals surface area contributed by atoms with E-state index >= 15 is 0 Å². The fourth-order valence-electron chi connectivity index (χ4n) is 4.57. The highest BCUT2D eigenvalue weighted by atomic mass is 19.1. The van der Waals surface area contributed by atoms with Gasteiger partial charge in [-0.2, -0.15) is 0 Å². The number of aliphatic hydroxyl groups is 1. The molecule has 1 fully saturated rings. The van der Waals surface area contributed by atoms with Crippen molar-refractivity contribution in [2.24, 2.45) is 10.7 Å². The largest absolute Gasteiger partial charge is 0.495 e. The summed E-state index contributed by atoms with van der Waals surface area (Å²) < 4.78 is 19.2. The molecule has 2 aliphatic rings. The number of nitrogens with two attached hydrogens (primary N) is 1. The molecule has 8 nitrogen and oxygen atoms in total. The molecule has 2 amide bonds. The van der Waals surface area contributed by atoms with Crippen LogP contribution in [0.4, 0.5) is 14.9 Å². The smallest absolute Gasteiger partial charge is 0.326 e. The summed E-state index contributed by atoms with van der Waals surface area (Å²) in [6, 6.07) is 11.2. The van der Waals surface area contributed by atoms with Crippen molar-refractivity contribution in [2.45, 2.75) is 12.5 Å². The van der Waals surface area contributed by atoms with E-state index in [1.807, 2.05) is 24.3 Å². The summed E-state index contributed by atoms with van der Waals surface area (Å²) in [4.78, 5) is 22.8. The first kappa shape index (κ1) is 25.0. The average molecular weight is 492 g/mol. The highest BCUT2D eigenvalue weighted by Gasteiger charge is 2.51. The number of benzene rings is 2. The van der Waals surface area contributed by atoms with Gasteiger partial charge in [0.25, 0.3) is 0 Å². The number of amides is 2. The van der Waals surface area contributed by atoms with Crippen molar-refractivity contribution in [3.05, 3.63) is 89.7 Å². The van der Waals surface area contributed by atoms with Crippen molar-refractivity contribution in [3.8, 4) is 5.75 Å². The molecule has 188 valence electrons. The third-order valence-corrected chi connectivity index (χ3v) is 6.35. The van der Waals surface area contributed by atoms with Gasteiger partial charge in [-0.15, -0.1) is 0 Å². The zero-order chi connectivity index (χ0) is 26.0. The molecule has 0 aromatic heterocycles. The van der Waals surface area contributed by atoms with Gasteiger partial charge >= 0.3 is 6.03 Å². The number of nitrogens with zero attached hydrogens (tertiary/aromatic N) is 4. The molecule has 9 heteroatoms. The van der Waals surface area contributed by atoms with E-state index < -0.39 is 11.4 Å². The van der Waals surface area contributed by atoms with E-state index in [1.54, 1.807) is 55.4 Å². The van der Waals surface area contributed by atoms with Crippen LogP contribution < -0.4 is 15.4 Å². The van der Waals surface area contributed by atoms with Gasteiger partial charge in [-0.3, -0.25) is 9.89 Å². The maximum atomic E-state index is 13.6. The van der Waals surface area contributed by atoms with Crippen LogP contribution in [0.25, 0.3) is 6.08 Å². The van der Waals surface area contributed by atoms with Gasteiger partial charge < -0.3 is 25.4 Å². The summed E-state index contributed by atoms with van der Waals surface area (Å²) >= 11 is 0. The van der Waals surface area contributed by atoms with E-state index in [4.69, 9.17) is 10.5 Å². The van der Waals surface area contributed by atoms with Gasteiger partial charge in [-0.1, -0.05) is 24.8 Å². The van der Waals surface area contributed by atoms with Crippen LogP contribution in [0.5, 0.6) is 5.75 Å². The standard InChI is InChI=1S/C27H30FN5O3/c1-5-32(14-18(2)29)23-11-6-19(13-24(23)36-4)12-20-15-31(3)26(35)33-25(20)30-16-27(33,17-34)21-7-9-22(28)10-8-21/h5-14,34H,1,15-17,29H2,2-4H3/b18-14-,20-12+. The Balaban J connectivity index is 1.74. The molecule has 0 bridgehead atoms. The Morgan fingerprint density at radius 2 is 2.06 bits per heavy atom. The number of amidine groups is 1. The molecule has 2 aromatic rings. The molecule has 2 aliphatic heterocycles. The first-order valence-corrected chi connectivity index (χ1v) is 11.4. The third-order valence-electron chi connectivity index (χ3n) is 6.35. The van der Waals surface area contributed by atoms with Gasteiger partial charge in [0.05, 0.1) is 32.5 Å². The van der Waals surface area contributed by atoms with E-state index in [0.717, 1.165) is 16.8 Å². The maximum absolute atomic E-state index is 13.6. The molecular formula is C27H30FN5O3. The minimum absolute atomic E-state index is 0.169. The Morgan fingerprint density at radius 3 is 2.67 bits per heavy atom. The van der Waals surface area contributed by atoms with Crippen LogP contribution in [0.2, 0.25) is 0 Å². The third kappa shape index (κ3) is 4.33. The van der Waals surface area contributed by atoms with Crippen LogP contribution >= 0.6 is 0 Å². The molecule has 0 spiro atoms. The lowest BCUT2D eigenvalue weighted by Gasteiger charge is -2.43. The van der Waals surface area contributed by atoms with Crippen molar-refractivity contribution in [2.75, 3.05) is 38.8 Å². The number of halogens is 1. The van der Waals surface area contributed by atoms with Crippen LogP contribution in [0, 0.1) is 5.82 Å². The van der Waals surface area contributed by atoms with Crippen LogP contribution in [-0.2, 0) is 5.54 Å². The number of methoxy groups -OCH3 is 1. The van der Waals surface area contributed by atoms with E-state index in [2.05, 4.69) is 11.6 Å². The van der Waals surface area contributed by atoms with Crippen LogP contribution in [0.1, 0.15) is 18.1 Å². The molecular weight excluding hydrogens is 461 g/mol. The number of carbonyl (C=O) groups is 1. The number of rotatable bonds is 7. The summed E-state index contributed by atoms with van der Waals surface area (Å²) in [5.74, 6) is 0.718. The van der Waals surface area contributed by atoms with Gasteiger partial charge in [-0.05, 0) is 48.4 Å². The highest BCUT2D eigenvalue weighted by Crippen LogP contribution is 2.39. The number of urea groups is 1. The summed E-state index contributed by atoms with van der Waals surface area (Å²) in [6.45, 7) is 5.79. The molecule has 0 radical (unpaired) electrons. The average Bonchev–Trinajstić information content (AvgIpc) is 3.27. The quantitative estimate of drug-likeness (QED) is 0.617. The van der Waals surface area contributed by atoms with Crippen LogP contribution in [0.15, 0.2) is 77.7 Å². The lowest BCUT2D eigenvalue weighted by molar-refractivity contribution is 0.0948. The zero-order valence-corrected chi connectivity index (χ0v) is 20.6.